The number of benzene rings is 2. The molecule has 1 aromatic heterocycles. The largest absolute Gasteiger partial charge is 0.502 e. The van der Waals surface area contributed by atoms with Gasteiger partial charge in [-0.05, 0) is 0 Å². The minimum Gasteiger partial charge on any atom is -0.502 e. The number of phenolic OH excluding ortho intramolecular Hbond substituents is 1. The van der Waals surface area contributed by atoms with Crippen LogP contribution in [-0.4, -0.2) is 121 Å². The monoisotopic (exact) mass is 594 g/mol. The number of hydrogen-bond donors (Lipinski definition) is 9. The fourth-order valence-electron chi connectivity index (χ4n) is 4.77. The van der Waals surface area contributed by atoms with Gasteiger partial charge in [-0.2, -0.15) is 0 Å². The standard InChI is InChI=1S/C27H30O15/c28-8-15-18(31)21(34)23(36)26(40-15)39-14-7-13-17(11(30)6-12(38-13)10-4-2-1-3-5-10)25(20(14)33)42-27-24(37)22(35)19(32)16(9-29)41-27/h1-7,15-16,18-19,21-24,26-29,31-37H,8-9H2/t15-,16-,18-,19-,21+,22+,23-,24-,26?,27?/m1/s1. The van der Waals surface area contributed by atoms with Crippen LogP contribution in [0.4, 0.5) is 0 Å². The molecule has 0 saturated carbocycles. The Bertz CT molecular complexity index is 1440. The Kier molecular flexibility index (Phi) is 8.68. The molecule has 3 aromatic rings. The summed E-state index contributed by atoms with van der Waals surface area (Å²) in [6, 6.07) is 10.7. The van der Waals surface area contributed by atoms with Gasteiger partial charge in [0.15, 0.2) is 16.9 Å². The molecular weight excluding hydrogens is 564 g/mol. The highest BCUT2D eigenvalue weighted by atomic mass is 16.7. The lowest BCUT2D eigenvalue weighted by Crippen LogP contribution is -2.60. The van der Waals surface area contributed by atoms with Crippen LogP contribution in [0.25, 0.3) is 22.3 Å². The van der Waals surface area contributed by atoms with E-state index in [9.17, 15) is 50.8 Å². The second-order valence-electron chi connectivity index (χ2n) is 9.90. The lowest BCUT2D eigenvalue weighted by Gasteiger charge is -2.40. The zero-order valence-electron chi connectivity index (χ0n) is 21.7. The molecule has 3 heterocycles. The van der Waals surface area contributed by atoms with Crippen molar-refractivity contribution in [3.8, 4) is 28.6 Å². The van der Waals surface area contributed by atoms with Crippen molar-refractivity contribution in [2.24, 2.45) is 0 Å². The zero-order chi connectivity index (χ0) is 30.3. The van der Waals surface area contributed by atoms with Crippen molar-refractivity contribution in [3.05, 3.63) is 52.7 Å². The third kappa shape index (κ3) is 5.43. The smallest absolute Gasteiger partial charge is 0.229 e. The molecule has 0 spiro atoms. The number of rotatable bonds is 7. The molecule has 9 N–H and O–H groups in total. The minimum atomic E-state index is -1.91. The molecule has 5 rings (SSSR count). The first-order valence-corrected chi connectivity index (χ1v) is 12.9. The minimum absolute atomic E-state index is 0.108. The van der Waals surface area contributed by atoms with Crippen LogP contribution in [0.2, 0.25) is 0 Å². The molecule has 2 unspecified atom stereocenters. The third-order valence-electron chi connectivity index (χ3n) is 7.14. The number of fused-ring (bicyclic) bond motifs is 1. The van der Waals surface area contributed by atoms with Crippen molar-refractivity contribution in [1.82, 2.24) is 0 Å². The van der Waals surface area contributed by atoms with Crippen LogP contribution in [0.5, 0.6) is 17.2 Å². The van der Waals surface area contributed by atoms with Gasteiger partial charge in [0.2, 0.25) is 18.3 Å². The number of hydrogen-bond acceptors (Lipinski definition) is 15. The summed E-state index contributed by atoms with van der Waals surface area (Å²) in [6.07, 6.45) is -17.1. The van der Waals surface area contributed by atoms with E-state index in [0.29, 0.717) is 5.56 Å². The Labute approximate surface area is 236 Å². The van der Waals surface area contributed by atoms with Gasteiger partial charge in [0, 0.05) is 17.7 Å². The van der Waals surface area contributed by atoms with E-state index in [2.05, 4.69) is 0 Å². The van der Waals surface area contributed by atoms with E-state index in [1.807, 2.05) is 0 Å². The lowest BCUT2D eigenvalue weighted by molar-refractivity contribution is -0.278. The van der Waals surface area contributed by atoms with Gasteiger partial charge < -0.3 is 69.3 Å². The number of aliphatic hydroxyl groups is 8. The molecule has 0 aliphatic carbocycles. The first kappa shape index (κ1) is 30.1. The average molecular weight is 595 g/mol. The van der Waals surface area contributed by atoms with Gasteiger partial charge in [0.25, 0.3) is 0 Å². The van der Waals surface area contributed by atoms with E-state index in [0.717, 1.165) is 12.1 Å². The van der Waals surface area contributed by atoms with E-state index >= 15 is 0 Å². The fourth-order valence-corrected chi connectivity index (χ4v) is 4.77. The van der Waals surface area contributed by atoms with Crippen LogP contribution in [0.15, 0.2) is 51.7 Å². The summed E-state index contributed by atoms with van der Waals surface area (Å²) in [4.78, 5) is 13.3. The van der Waals surface area contributed by atoms with Crippen molar-refractivity contribution in [2.75, 3.05) is 13.2 Å². The van der Waals surface area contributed by atoms with Gasteiger partial charge in [-0.15, -0.1) is 0 Å². The Balaban J connectivity index is 1.62. The molecule has 2 saturated heterocycles. The SMILES string of the molecule is O=c1cc(-c2ccccc2)oc2cc(OC3O[C@H](CO)[C@@H](O)[C@H](O)[C@H]3O)c(O)c(OC3O[C@H](CO)[C@@H](O)[C@H](O)[C@H]3O)c12. The Hall–Kier alpha value is -3.35. The molecule has 2 aliphatic rings. The van der Waals surface area contributed by atoms with Gasteiger partial charge in [0.1, 0.15) is 65.6 Å². The first-order valence-electron chi connectivity index (χ1n) is 12.9. The van der Waals surface area contributed by atoms with E-state index in [1.165, 1.54) is 0 Å². The second-order valence-corrected chi connectivity index (χ2v) is 9.90. The molecule has 15 heteroatoms. The fraction of sp³-hybridized carbons (Fsp3) is 0.444. The van der Waals surface area contributed by atoms with Crippen LogP contribution in [0.1, 0.15) is 0 Å². The van der Waals surface area contributed by atoms with Crippen LogP contribution in [0, 0.1) is 0 Å². The molecular formula is C27H30O15. The van der Waals surface area contributed by atoms with Gasteiger partial charge in [-0.3, -0.25) is 4.79 Å². The van der Waals surface area contributed by atoms with Crippen molar-refractivity contribution >= 4 is 11.0 Å². The maximum atomic E-state index is 13.3. The summed E-state index contributed by atoms with van der Waals surface area (Å²) in [6.45, 7) is -1.53. The van der Waals surface area contributed by atoms with Crippen molar-refractivity contribution < 1.29 is 69.3 Å². The van der Waals surface area contributed by atoms with Gasteiger partial charge in [-0.1, -0.05) is 30.3 Å². The highest BCUT2D eigenvalue weighted by Crippen LogP contribution is 2.44. The van der Waals surface area contributed by atoms with Crippen LogP contribution >= 0.6 is 0 Å². The number of ether oxygens (including phenoxy) is 4. The van der Waals surface area contributed by atoms with Crippen LogP contribution in [0.3, 0.4) is 0 Å². The molecule has 0 radical (unpaired) electrons. The Morgan fingerprint density at radius 3 is 1.81 bits per heavy atom. The van der Waals surface area contributed by atoms with E-state index < -0.39 is 97.3 Å². The van der Waals surface area contributed by atoms with Gasteiger partial charge in [-0.25, -0.2) is 0 Å². The second kappa shape index (κ2) is 12.1. The van der Waals surface area contributed by atoms with Crippen LogP contribution in [-0.2, 0) is 9.47 Å². The van der Waals surface area contributed by atoms with E-state index in [1.54, 1.807) is 30.3 Å². The summed E-state index contributed by atoms with van der Waals surface area (Å²) in [5.74, 6) is -1.97. The molecule has 2 aliphatic heterocycles. The summed E-state index contributed by atoms with van der Waals surface area (Å²) in [7, 11) is 0. The third-order valence-corrected chi connectivity index (χ3v) is 7.14. The van der Waals surface area contributed by atoms with E-state index in [-0.39, 0.29) is 16.7 Å². The molecule has 15 nitrogen and oxygen atoms in total. The number of aromatic hydroxyl groups is 1. The van der Waals surface area contributed by atoms with Crippen molar-refractivity contribution in [1.29, 1.82) is 0 Å². The molecule has 2 aromatic carbocycles. The maximum absolute atomic E-state index is 13.3. The topological polar surface area (TPSA) is 249 Å². The molecule has 42 heavy (non-hydrogen) atoms. The maximum Gasteiger partial charge on any atom is 0.229 e. The molecule has 0 bridgehead atoms. The quantitative estimate of drug-likeness (QED) is 0.137. The van der Waals surface area contributed by atoms with Gasteiger partial charge in [0.05, 0.1) is 13.2 Å². The normalized spacial score (nSPS) is 33.4. The lowest BCUT2D eigenvalue weighted by atomic mass is 9.99. The average Bonchev–Trinajstić information content (AvgIpc) is 2.99. The van der Waals surface area contributed by atoms with E-state index in [4.69, 9.17) is 23.4 Å². The molecule has 0 amide bonds. The first-order chi connectivity index (χ1) is 20.0. The van der Waals surface area contributed by atoms with Crippen LogP contribution < -0.4 is 14.9 Å². The molecule has 2 fully saturated rings. The predicted molar refractivity (Wildman–Crippen MR) is 138 cm³/mol. The summed E-state index contributed by atoms with van der Waals surface area (Å²) in [5.41, 5.74) is -0.430. The summed E-state index contributed by atoms with van der Waals surface area (Å²) >= 11 is 0. The number of phenols is 1. The summed E-state index contributed by atoms with van der Waals surface area (Å²) in [5, 5.41) is 91.3. The van der Waals surface area contributed by atoms with Gasteiger partial charge >= 0.3 is 0 Å². The Morgan fingerprint density at radius 2 is 1.26 bits per heavy atom. The highest BCUT2D eigenvalue weighted by Gasteiger charge is 2.47. The summed E-state index contributed by atoms with van der Waals surface area (Å²) < 4.78 is 27.9. The molecule has 228 valence electrons. The predicted octanol–water partition coefficient (Wildman–Crippen LogP) is -2.48. The number of aliphatic hydroxyl groups excluding tert-OH is 8. The highest BCUT2D eigenvalue weighted by molar-refractivity contribution is 5.90. The van der Waals surface area contributed by atoms with Crippen molar-refractivity contribution in [2.45, 2.75) is 61.4 Å². The zero-order valence-corrected chi connectivity index (χ0v) is 21.7. The molecule has 10 atom stereocenters. The Morgan fingerprint density at radius 1 is 0.714 bits per heavy atom. The van der Waals surface area contributed by atoms with Crippen molar-refractivity contribution in [3.63, 3.8) is 0 Å².